The largest absolute Gasteiger partial charge is 0.356 e. The molecular weight excluding hydrogens is 265 g/mol. The summed E-state index contributed by atoms with van der Waals surface area (Å²) in [4.78, 5) is 6.32. The van der Waals surface area contributed by atoms with E-state index in [1.807, 2.05) is 4.90 Å². The van der Waals surface area contributed by atoms with Gasteiger partial charge in [-0.05, 0) is 36.8 Å². The van der Waals surface area contributed by atoms with Gasteiger partial charge in [0, 0.05) is 31.3 Å². The molecule has 0 saturated carbocycles. The monoisotopic (exact) mass is 280 g/mol. The Morgan fingerprint density at radius 2 is 1.90 bits per heavy atom. The van der Waals surface area contributed by atoms with Gasteiger partial charge in [0.05, 0.1) is 5.52 Å². The fourth-order valence-electron chi connectivity index (χ4n) is 2.55. The standard InChI is InChI=1S/C15H15F3N2/c16-12-3-4-13-11(10-12)2-5-14(19-13)20-8-1-6-15(17,18)7-9-20/h2-5,10H,1,6-9H2. The van der Waals surface area contributed by atoms with Crippen molar-refractivity contribution in [2.24, 2.45) is 0 Å². The summed E-state index contributed by atoms with van der Waals surface area (Å²) in [7, 11) is 0. The normalized spacial score (nSPS) is 19.1. The Morgan fingerprint density at radius 3 is 2.75 bits per heavy atom. The number of pyridine rings is 1. The van der Waals surface area contributed by atoms with Crippen molar-refractivity contribution in [3.8, 4) is 0 Å². The van der Waals surface area contributed by atoms with Gasteiger partial charge in [-0.1, -0.05) is 0 Å². The van der Waals surface area contributed by atoms with Crippen LogP contribution < -0.4 is 4.90 Å². The molecule has 1 aliphatic heterocycles. The highest BCUT2D eigenvalue weighted by atomic mass is 19.3. The number of hydrogen-bond donors (Lipinski definition) is 0. The van der Waals surface area contributed by atoms with Crippen LogP contribution in [0.5, 0.6) is 0 Å². The summed E-state index contributed by atoms with van der Waals surface area (Å²) in [6, 6.07) is 7.94. The van der Waals surface area contributed by atoms with Crippen molar-refractivity contribution >= 4 is 16.7 Å². The van der Waals surface area contributed by atoms with Crippen LogP contribution in [0.1, 0.15) is 19.3 Å². The number of fused-ring (bicyclic) bond motifs is 1. The van der Waals surface area contributed by atoms with Gasteiger partial charge in [-0.3, -0.25) is 0 Å². The number of halogens is 3. The van der Waals surface area contributed by atoms with Crippen LogP contribution in [0.3, 0.4) is 0 Å². The maximum absolute atomic E-state index is 13.4. The zero-order valence-corrected chi connectivity index (χ0v) is 11.0. The first-order chi connectivity index (χ1) is 9.53. The Hall–Kier alpha value is -1.78. The molecule has 0 radical (unpaired) electrons. The number of nitrogens with zero attached hydrogens (tertiary/aromatic N) is 2. The van der Waals surface area contributed by atoms with Gasteiger partial charge < -0.3 is 4.90 Å². The highest BCUT2D eigenvalue weighted by Crippen LogP contribution is 2.30. The Bertz CT molecular complexity index is 628. The Kier molecular flexibility index (Phi) is 3.28. The van der Waals surface area contributed by atoms with Crippen molar-refractivity contribution in [2.45, 2.75) is 25.2 Å². The van der Waals surface area contributed by atoms with Crippen LogP contribution >= 0.6 is 0 Å². The van der Waals surface area contributed by atoms with E-state index in [4.69, 9.17) is 0 Å². The summed E-state index contributed by atoms with van der Waals surface area (Å²) in [6.07, 6.45) is 0.245. The lowest BCUT2D eigenvalue weighted by molar-refractivity contribution is -0.0102. The zero-order chi connectivity index (χ0) is 14.2. The van der Waals surface area contributed by atoms with Gasteiger partial charge in [-0.15, -0.1) is 0 Å². The molecule has 0 unspecified atom stereocenters. The van der Waals surface area contributed by atoms with Crippen LogP contribution in [0.25, 0.3) is 10.9 Å². The first-order valence-corrected chi connectivity index (χ1v) is 6.73. The molecule has 0 aliphatic carbocycles. The van der Waals surface area contributed by atoms with Gasteiger partial charge in [0.15, 0.2) is 0 Å². The van der Waals surface area contributed by atoms with Crippen molar-refractivity contribution in [1.82, 2.24) is 4.98 Å². The van der Waals surface area contributed by atoms with E-state index >= 15 is 0 Å². The van der Waals surface area contributed by atoms with Crippen LogP contribution in [-0.4, -0.2) is 24.0 Å². The Balaban J connectivity index is 1.88. The molecule has 0 spiro atoms. The maximum atomic E-state index is 13.4. The molecule has 2 nitrogen and oxygen atoms in total. The van der Waals surface area contributed by atoms with Gasteiger partial charge in [-0.2, -0.15) is 0 Å². The van der Waals surface area contributed by atoms with E-state index in [1.165, 1.54) is 12.1 Å². The number of anilines is 1. The first kappa shape index (κ1) is 13.2. The summed E-state index contributed by atoms with van der Waals surface area (Å²) >= 11 is 0. The van der Waals surface area contributed by atoms with Crippen LogP contribution in [0.2, 0.25) is 0 Å². The average Bonchev–Trinajstić information content (AvgIpc) is 2.59. The van der Waals surface area contributed by atoms with Crippen LogP contribution in [-0.2, 0) is 0 Å². The first-order valence-electron chi connectivity index (χ1n) is 6.73. The molecule has 1 aromatic carbocycles. The number of aromatic nitrogens is 1. The predicted molar refractivity (Wildman–Crippen MR) is 72.7 cm³/mol. The lowest BCUT2D eigenvalue weighted by atomic mass is 10.1. The molecule has 0 atom stereocenters. The number of rotatable bonds is 1. The predicted octanol–water partition coefficient (Wildman–Crippen LogP) is 4.00. The molecule has 2 aromatic rings. The van der Waals surface area contributed by atoms with Gasteiger partial charge in [0.1, 0.15) is 11.6 Å². The third-order valence-electron chi connectivity index (χ3n) is 3.68. The average molecular weight is 280 g/mol. The molecule has 3 rings (SSSR count). The Labute approximate surface area is 115 Å². The summed E-state index contributed by atoms with van der Waals surface area (Å²) < 4.78 is 39.8. The Morgan fingerprint density at radius 1 is 1.05 bits per heavy atom. The van der Waals surface area contributed by atoms with E-state index in [9.17, 15) is 13.2 Å². The van der Waals surface area contributed by atoms with Crippen molar-refractivity contribution in [3.05, 3.63) is 36.1 Å². The zero-order valence-electron chi connectivity index (χ0n) is 11.0. The van der Waals surface area contributed by atoms with Crippen molar-refractivity contribution in [1.29, 1.82) is 0 Å². The molecule has 20 heavy (non-hydrogen) atoms. The topological polar surface area (TPSA) is 16.1 Å². The SMILES string of the molecule is Fc1ccc2nc(N3CCCC(F)(F)CC3)ccc2c1. The van der Waals surface area contributed by atoms with Crippen molar-refractivity contribution < 1.29 is 13.2 Å². The number of benzene rings is 1. The minimum Gasteiger partial charge on any atom is -0.356 e. The smallest absolute Gasteiger partial charge is 0.249 e. The number of hydrogen-bond acceptors (Lipinski definition) is 2. The van der Waals surface area contributed by atoms with Crippen LogP contribution in [0.4, 0.5) is 19.0 Å². The molecule has 106 valence electrons. The van der Waals surface area contributed by atoms with Crippen molar-refractivity contribution in [2.75, 3.05) is 18.0 Å². The van der Waals surface area contributed by atoms with E-state index in [2.05, 4.69) is 4.98 Å². The van der Waals surface area contributed by atoms with Crippen LogP contribution in [0, 0.1) is 5.82 Å². The minimum absolute atomic E-state index is 0.0672. The molecule has 0 N–H and O–H groups in total. The molecular formula is C15H15F3N2. The third kappa shape index (κ3) is 2.71. The molecule has 0 bridgehead atoms. The second-order valence-corrected chi connectivity index (χ2v) is 5.20. The van der Waals surface area contributed by atoms with E-state index < -0.39 is 5.92 Å². The van der Waals surface area contributed by atoms with Gasteiger partial charge in [0.25, 0.3) is 0 Å². The molecule has 2 heterocycles. The van der Waals surface area contributed by atoms with Gasteiger partial charge >= 0.3 is 0 Å². The highest BCUT2D eigenvalue weighted by molar-refractivity contribution is 5.80. The quantitative estimate of drug-likeness (QED) is 0.785. The summed E-state index contributed by atoms with van der Waals surface area (Å²) in [6.45, 7) is 0.877. The summed E-state index contributed by atoms with van der Waals surface area (Å²) in [5, 5.41) is 0.717. The lowest BCUT2D eigenvalue weighted by Gasteiger charge is -2.21. The van der Waals surface area contributed by atoms with E-state index in [0.717, 1.165) is 0 Å². The maximum Gasteiger partial charge on any atom is 0.249 e. The molecule has 1 fully saturated rings. The number of alkyl halides is 2. The van der Waals surface area contributed by atoms with Gasteiger partial charge in [-0.25, -0.2) is 18.2 Å². The molecule has 0 amide bonds. The lowest BCUT2D eigenvalue weighted by Crippen LogP contribution is -2.26. The van der Waals surface area contributed by atoms with E-state index in [1.54, 1.807) is 18.2 Å². The highest BCUT2D eigenvalue weighted by Gasteiger charge is 2.31. The molecule has 1 aliphatic rings. The van der Waals surface area contributed by atoms with Gasteiger partial charge in [0.2, 0.25) is 5.92 Å². The second kappa shape index (κ2) is 4.96. The van der Waals surface area contributed by atoms with E-state index in [0.29, 0.717) is 36.2 Å². The summed E-state index contributed by atoms with van der Waals surface area (Å²) in [5.74, 6) is -2.20. The fraction of sp³-hybridized carbons (Fsp3) is 0.400. The molecule has 1 saturated heterocycles. The van der Waals surface area contributed by atoms with Crippen LogP contribution in [0.15, 0.2) is 30.3 Å². The molecule has 5 heteroatoms. The van der Waals surface area contributed by atoms with E-state index in [-0.39, 0.29) is 18.7 Å². The second-order valence-electron chi connectivity index (χ2n) is 5.20. The van der Waals surface area contributed by atoms with Crippen molar-refractivity contribution in [3.63, 3.8) is 0 Å². The minimum atomic E-state index is -2.57. The fourth-order valence-corrected chi connectivity index (χ4v) is 2.55. The third-order valence-corrected chi connectivity index (χ3v) is 3.68. The molecule has 1 aromatic heterocycles. The summed E-state index contributed by atoms with van der Waals surface area (Å²) in [5.41, 5.74) is 0.680.